The van der Waals surface area contributed by atoms with Gasteiger partial charge >= 0.3 is 11.6 Å². The Morgan fingerprint density at radius 3 is 2.83 bits per heavy atom. The maximum absolute atomic E-state index is 12.3. The Balaban J connectivity index is 1.96. The summed E-state index contributed by atoms with van der Waals surface area (Å²) in [5.74, 6) is -1.24. The van der Waals surface area contributed by atoms with Gasteiger partial charge in [0.1, 0.15) is 17.7 Å². The molecule has 0 amide bonds. The lowest BCUT2D eigenvalue weighted by Crippen LogP contribution is -2.19. The number of ketones is 1. The average Bonchev–Trinajstić information content (AvgIpc) is 2.88. The van der Waals surface area contributed by atoms with Crippen LogP contribution in [0.5, 0.6) is 0 Å². The van der Waals surface area contributed by atoms with Gasteiger partial charge in [-0.3, -0.25) is 4.79 Å². The van der Waals surface area contributed by atoms with E-state index >= 15 is 0 Å². The van der Waals surface area contributed by atoms with Crippen LogP contribution in [-0.4, -0.2) is 25.5 Å². The third-order valence-electron chi connectivity index (χ3n) is 3.01. The predicted octanol–water partition coefficient (Wildman–Crippen LogP) is 1.94. The Hall–Kier alpha value is -2.88. The van der Waals surface area contributed by atoms with Gasteiger partial charge in [-0.05, 0) is 22.0 Å². The molecule has 0 aliphatic rings. The Labute approximate surface area is 135 Å². The van der Waals surface area contributed by atoms with Gasteiger partial charge in [-0.15, -0.1) is 0 Å². The van der Waals surface area contributed by atoms with Crippen molar-refractivity contribution in [3.63, 3.8) is 0 Å². The van der Waals surface area contributed by atoms with Crippen molar-refractivity contribution in [2.45, 2.75) is 6.54 Å². The molecule has 0 saturated heterocycles. The Bertz CT molecular complexity index is 993. The van der Waals surface area contributed by atoms with E-state index < -0.39 is 22.3 Å². The first-order valence-electron chi connectivity index (χ1n) is 6.26. The smallest absolute Gasteiger partial charge is 0.422 e. The molecule has 0 N–H and O–H groups in total. The number of rotatable bonds is 4. The molecular formula is C13H7BrN4O5. The molecular weight excluding hydrogens is 372 g/mol. The summed E-state index contributed by atoms with van der Waals surface area (Å²) < 4.78 is 6.10. The summed E-state index contributed by atoms with van der Waals surface area (Å²) in [6.07, 6.45) is 0. The zero-order valence-corrected chi connectivity index (χ0v) is 12.9. The fraction of sp³-hybridized carbons (Fsp3) is 0.0769. The highest BCUT2D eigenvalue weighted by atomic mass is 79.9. The molecule has 3 aromatic rings. The lowest BCUT2D eigenvalue weighted by atomic mass is 10.1. The topological polar surface area (TPSA) is 121 Å². The number of hydrogen-bond acceptors (Lipinski definition) is 7. The first kappa shape index (κ1) is 15.0. The molecule has 0 unspecified atom stereocenters. The molecule has 0 aliphatic carbocycles. The van der Waals surface area contributed by atoms with Crippen LogP contribution in [0.2, 0.25) is 0 Å². The first-order chi connectivity index (χ1) is 11.0. The van der Waals surface area contributed by atoms with E-state index in [-0.39, 0.29) is 16.8 Å². The fourth-order valence-corrected chi connectivity index (χ4v) is 2.33. The standard InChI is InChI=1S/C13H7BrN4O5/c14-12-15-13(18(21)22)16-17(12)6-9(19)8-5-7-3-1-2-4-10(7)23-11(8)20/h1-5H,6H2. The molecule has 10 heteroatoms. The van der Waals surface area contributed by atoms with E-state index in [1.54, 1.807) is 24.3 Å². The summed E-state index contributed by atoms with van der Waals surface area (Å²) in [6, 6.07) is 8.18. The first-order valence-corrected chi connectivity index (χ1v) is 7.06. The van der Waals surface area contributed by atoms with Crippen LogP contribution < -0.4 is 5.63 Å². The summed E-state index contributed by atoms with van der Waals surface area (Å²) in [5.41, 5.74) is -0.570. The number of halogens is 1. The second kappa shape index (κ2) is 5.72. The Morgan fingerprint density at radius 1 is 1.39 bits per heavy atom. The van der Waals surface area contributed by atoms with Crippen molar-refractivity contribution in [1.29, 1.82) is 0 Å². The van der Waals surface area contributed by atoms with Gasteiger partial charge in [0, 0.05) is 26.4 Å². The molecule has 0 fully saturated rings. The van der Waals surface area contributed by atoms with Crippen molar-refractivity contribution < 1.29 is 14.1 Å². The number of aromatic nitrogens is 3. The molecule has 0 aliphatic heterocycles. The van der Waals surface area contributed by atoms with Crippen LogP contribution in [0.1, 0.15) is 10.4 Å². The highest BCUT2D eigenvalue weighted by molar-refractivity contribution is 9.10. The zero-order valence-electron chi connectivity index (χ0n) is 11.3. The number of Topliss-reactive ketones (excluding diaryl/α,β-unsaturated/α-hetero) is 1. The zero-order chi connectivity index (χ0) is 16.6. The molecule has 0 radical (unpaired) electrons. The highest BCUT2D eigenvalue weighted by Crippen LogP contribution is 2.15. The minimum absolute atomic E-state index is 0.0164. The van der Waals surface area contributed by atoms with Crippen molar-refractivity contribution in [1.82, 2.24) is 14.8 Å². The molecule has 9 nitrogen and oxygen atoms in total. The molecule has 116 valence electrons. The van der Waals surface area contributed by atoms with E-state index in [0.29, 0.717) is 11.0 Å². The Morgan fingerprint density at radius 2 is 2.13 bits per heavy atom. The molecule has 2 heterocycles. The second-order valence-corrected chi connectivity index (χ2v) is 5.21. The fourth-order valence-electron chi connectivity index (χ4n) is 1.97. The maximum Gasteiger partial charge on any atom is 0.492 e. The van der Waals surface area contributed by atoms with Gasteiger partial charge in [0.25, 0.3) is 4.73 Å². The van der Waals surface area contributed by atoms with Crippen LogP contribution in [0, 0.1) is 10.1 Å². The van der Waals surface area contributed by atoms with E-state index in [9.17, 15) is 19.7 Å². The normalized spacial score (nSPS) is 10.8. The van der Waals surface area contributed by atoms with Crippen LogP contribution in [0.4, 0.5) is 5.95 Å². The number of benzene rings is 1. The highest BCUT2D eigenvalue weighted by Gasteiger charge is 2.23. The van der Waals surface area contributed by atoms with Gasteiger partial charge in [0.05, 0.1) is 0 Å². The van der Waals surface area contributed by atoms with Crippen LogP contribution >= 0.6 is 15.9 Å². The SMILES string of the molecule is O=C(Cn1nc([N+](=O)[O-])nc1Br)c1cc2ccccc2oc1=O. The third-order valence-corrected chi connectivity index (χ3v) is 3.60. The van der Waals surface area contributed by atoms with Crippen molar-refractivity contribution in [2.75, 3.05) is 0 Å². The number of hydrogen-bond donors (Lipinski definition) is 0. The number of fused-ring (bicyclic) bond motifs is 1. The number of carbonyl (C=O) groups excluding carboxylic acids is 1. The van der Waals surface area contributed by atoms with Gasteiger partial charge in [0.15, 0.2) is 5.78 Å². The van der Waals surface area contributed by atoms with Crippen LogP contribution in [0.25, 0.3) is 11.0 Å². The van der Waals surface area contributed by atoms with Gasteiger partial charge in [-0.25, -0.2) is 4.79 Å². The molecule has 3 rings (SSSR count). The summed E-state index contributed by atoms with van der Waals surface area (Å²) in [6.45, 7) is -0.384. The lowest BCUT2D eigenvalue weighted by molar-refractivity contribution is -0.394. The van der Waals surface area contributed by atoms with Gasteiger partial charge in [0.2, 0.25) is 0 Å². The van der Waals surface area contributed by atoms with Gasteiger partial charge in [-0.1, -0.05) is 18.2 Å². The van der Waals surface area contributed by atoms with Gasteiger partial charge < -0.3 is 14.5 Å². The average molecular weight is 379 g/mol. The minimum Gasteiger partial charge on any atom is -0.422 e. The lowest BCUT2D eigenvalue weighted by Gasteiger charge is -2.01. The monoisotopic (exact) mass is 378 g/mol. The molecule has 1 aromatic carbocycles. The number of nitrogens with zero attached hydrogens (tertiary/aromatic N) is 4. The molecule has 2 aromatic heterocycles. The van der Waals surface area contributed by atoms with E-state index in [2.05, 4.69) is 26.0 Å². The molecule has 0 spiro atoms. The summed E-state index contributed by atoms with van der Waals surface area (Å²) in [5, 5.41) is 14.8. The van der Waals surface area contributed by atoms with Crippen LogP contribution in [-0.2, 0) is 6.54 Å². The Kier molecular flexibility index (Phi) is 3.74. The molecule has 0 bridgehead atoms. The van der Waals surface area contributed by atoms with Gasteiger partial charge in [-0.2, -0.15) is 4.68 Å². The van der Waals surface area contributed by atoms with Crippen LogP contribution in [0.3, 0.4) is 0 Å². The van der Waals surface area contributed by atoms with Crippen molar-refractivity contribution in [2.24, 2.45) is 0 Å². The van der Waals surface area contributed by atoms with E-state index in [0.717, 1.165) is 4.68 Å². The van der Waals surface area contributed by atoms with E-state index in [1.165, 1.54) is 6.07 Å². The number of nitro groups is 1. The molecule has 0 atom stereocenters. The second-order valence-electron chi connectivity index (χ2n) is 4.50. The maximum atomic E-state index is 12.3. The number of carbonyl (C=O) groups is 1. The van der Waals surface area contributed by atoms with Crippen LogP contribution in [0.15, 0.2) is 44.3 Å². The van der Waals surface area contributed by atoms with Crippen molar-refractivity contribution >= 4 is 38.6 Å². The largest absolute Gasteiger partial charge is 0.492 e. The molecule has 23 heavy (non-hydrogen) atoms. The minimum atomic E-state index is -0.782. The number of para-hydroxylation sites is 1. The van der Waals surface area contributed by atoms with E-state index in [4.69, 9.17) is 4.42 Å². The summed E-state index contributed by atoms with van der Waals surface area (Å²) >= 11 is 2.98. The molecule has 0 saturated carbocycles. The quantitative estimate of drug-likeness (QED) is 0.294. The van der Waals surface area contributed by atoms with Crippen molar-refractivity contribution in [3.05, 3.63) is 61.2 Å². The third kappa shape index (κ3) is 2.88. The summed E-state index contributed by atoms with van der Waals surface area (Å²) in [7, 11) is 0. The predicted molar refractivity (Wildman–Crippen MR) is 81.2 cm³/mol. The summed E-state index contributed by atoms with van der Waals surface area (Å²) in [4.78, 5) is 37.6. The van der Waals surface area contributed by atoms with E-state index in [1.807, 2.05) is 0 Å². The van der Waals surface area contributed by atoms with Crippen molar-refractivity contribution in [3.8, 4) is 0 Å².